The molecule has 0 fully saturated rings. The molecule has 0 aromatic heterocycles. The molecule has 1 N–H and O–H groups in total. The second kappa shape index (κ2) is 9.76. The van der Waals surface area contributed by atoms with Crippen LogP contribution in [0.3, 0.4) is 0 Å². The lowest BCUT2D eigenvalue weighted by molar-refractivity contribution is 0.203. The molecule has 7 nitrogen and oxygen atoms in total. The number of carbonyl (C=O) groups is 1. The third-order valence-corrected chi connectivity index (χ3v) is 6.69. The molecular formula is C25H23N3O4S. The number of benzene rings is 2. The van der Waals surface area contributed by atoms with Crippen LogP contribution in [0, 0.1) is 0 Å². The van der Waals surface area contributed by atoms with Crippen LogP contribution in [0.4, 0.5) is 4.79 Å². The molecule has 4 rings (SSSR count). The van der Waals surface area contributed by atoms with Crippen LogP contribution in [0.2, 0.25) is 0 Å². The second-order valence-electron chi connectivity index (χ2n) is 7.20. The average Bonchev–Trinajstić information content (AvgIpc) is 3.07. The SMILES string of the molecule is CNC(=O)N1CCc2cc(OC)c(OC)cc2C(c2ccc(S(=O)C3=CC=C=C=C3)cc2)=N1. The number of urea groups is 1. The minimum atomic E-state index is -1.34. The van der Waals surface area contributed by atoms with Crippen molar-refractivity contribution < 1.29 is 18.5 Å². The lowest BCUT2D eigenvalue weighted by atomic mass is 9.95. The Morgan fingerprint density at radius 1 is 1.12 bits per heavy atom. The van der Waals surface area contributed by atoms with E-state index < -0.39 is 10.8 Å². The Morgan fingerprint density at radius 2 is 1.85 bits per heavy atom. The number of methoxy groups -OCH3 is 2. The summed E-state index contributed by atoms with van der Waals surface area (Å²) >= 11 is 0. The van der Waals surface area contributed by atoms with Gasteiger partial charge in [0.05, 0.1) is 42.2 Å². The van der Waals surface area contributed by atoms with Gasteiger partial charge in [-0.2, -0.15) is 5.10 Å². The standard InChI is InChI=1S/C25H23N3O4S/c1-26-25(29)28-14-13-18-15-22(31-2)23(32-3)16-21(18)24(27-28)17-9-11-20(12-10-17)33(30)19-7-5-4-6-8-19/h5,7-12,15-16H,13-14H2,1-3H3,(H,26,29). The van der Waals surface area contributed by atoms with Gasteiger partial charge in [-0.25, -0.2) is 14.0 Å². The number of carbonyl (C=O) groups excluding carboxylic acids is 1. The molecule has 2 aromatic carbocycles. The number of hydrogen-bond donors (Lipinski definition) is 1. The molecule has 1 atom stereocenters. The molecule has 2 aliphatic rings. The van der Waals surface area contributed by atoms with E-state index in [9.17, 15) is 9.00 Å². The van der Waals surface area contributed by atoms with Gasteiger partial charge in [-0.1, -0.05) is 23.6 Å². The number of allylic oxidation sites excluding steroid dienone is 3. The summed E-state index contributed by atoms with van der Waals surface area (Å²) in [6, 6.07) is 10.8. The minimum Gasteiger partial charge on any atom is -0.493 e. The fourth-order valence-electron chi connectivity index (χ4n) is 3.61. The van der Waals surface area contributed by atoms with Gasteiger partial charge in [0.25, 0.3) is 0 Å². The molecule has 1 aliphatic heterocycles. The van der Waals surface area contributed by atoms with Crippen molar-refractivity contribution in [2.45, 2.75) is 11.3 Å². The van der Waals surface area contributed by atoms with Gasteiger partial charge < -0.3 is 14.8 Å². The Hall–Kier alpha value is -3.83. The summed E-state index contributed by atoms with van der Waals surface area (Å²) in [7, 11) is 3.41. The molecule has 0 saturated heterocycles. The molecule has 0 saturated carbocycles. The Morgan fingerprint density at radius 3 is 2.48 bits per heavy atom. The normalized spacial score (nSPS) is 15.2. The minimum absolute atomic E-state index is 0.297. The van der Waals surface area contributed by atoms with Gasteiger partial charge in [-0.05, 0) is 48.4 Å². The highest BCUT2D eigenvalue weighted by molar-refractivity contribution is 7.89. The zero-order valence-corrected chi connectivity index (χ0v) is 19.4. The second-order valence-corrected chi connectivity index (χ2v) is 8.68. The number of rotatable bonds is 5. The molecule has 33 heavy (non-hydrogen) atoms. The number of fused-ring (bicyclic) bond motifs is 1. The zero-order valence-electron chi connectivity index (χ0n) is 18.5. The molecular weight excluding hydrogens is 438 g/mol. The van der Waals surface area contributed by atoms with Gasteiger partial charge in [0.1, 0.15) is 0 Å². The molecule has 0 bridgehead atoms. The molecule has 1 unspecified atom stereocenters. The van der Waals surface area contributed by atoms with Crippen molar-refractivity contribution in [1.82, 2.24) is 10.3 Å². The molecule has 168 valence electrons. The van der Waals surface area contributed by atoms with Gasteiger partial charge in [0.15, 0.2) is 11.5 Å². The van der Waals surface area contributed by atoms with Crippen molar-refractivity contribution in [3.8, 4) is 11.5 Å². The molecule has 8 heteroatoms. The summed E-state index contributed by atoms with van der Waals surface area (Å²) in [5.74, 6) is 1.19. The number of ether oxygens (including phenoxy) is 2. The Bertz CT molecular complexity index is 1280. The molecule has 1 heterocycles. The van der Waals surface area contributed by atoms with E-state index in [1.165, 1.54) is 5.01 Å². The van der Waals surface area contributed by atoms with Gasteiger partial charge >= 0.3 is 6.03 Å². The molecule has 0 spiro atoms. The number of hydrogen-bond acceptors (Lipinski definition) is 5. The third kappa shape index (κ3) is 4.54. The first-order chi connectivity index (χ1) is 16.0. The van der Waals surface area contributed by atoms with E-state index in [0.717, 1.165) is 16.7 Å². The Kier molecular flexibility index (Phi) is 6.61. The first-order valence-corrected chi connectivity index (χ1v) is 11.4. The van der Waals surface area contributed by atoms with Crippen molar-refractivity contribution >= 4 is 22.5 Å². The predicted octanol–water partition coefficient (Wildman–Crippen LogP) is 3.53. The molecule has 2 amide bonds. The topological polar surface area (TPSA) is 80.2 Å². The van der Waals surface area contributed by atoms with Crippen molar-refractivity contribution in [3.05, 3.63) is 87.7 Å². The fraction of sp³-hybridized carbons (Fsp3) is 0.200. The van der Waals surface area contributed by atoms with E-state index in [1.807, 2.05) is 24.3 Å². The van der Waals surface area contributed by atoms with E-state index in [4.69, 9.17) is 9.47 Å². The monoisotopic (exact) mass is 461 g/mol. The molecule has 1 aliphatic carbocycles. The smallest absolute Gasteiger partial charge is 0.337 e. The van der Waals surface area contributed by atoms with Gasteiger partial charge in [0.2, 0.25) is 0 Å². The maximum Gasteiger partial charge on any atom is 0.337 e. The van der Waals surface area contributed by atoms with Crippen molar-refractivity contribution in [3.63, 3.8) is 0 Å². The number of amides is 2. The van der Waals surface area contributed by atoms with Crippen molar-refractivity contribution in [2.24, 2.45) is 5.10 Å². The van der Waals surface area contributed by atoms with Crippen LogP contribution in [0.25, 0.3) is 0 Å². The lowest BCUT2D eigenvalue weighted by Gasteiger charge is -2.16. The fourth-order valence-corrected chi connectivity index (χ4v) is 4.62. The summed E-state index contributed by atoms with van der Waals surface area (Å²) < 4.78 is 23.8. The van der Waals surface area contributed by atoms with E-state index in [1.54, 1.807) is 51.6 Å². The average molecular weight is 462 g/mol. The number of nitrogens with zero attached hydrogens (tertiary/aromatic N) is 2. The summed E-state index contributed by atoms with van der Waals surface area (Å²) in [5.41, 5.74) is 8.88. The Labute approximate surface area is 194 Å². The molecule has 0 radical (unpaired) electrons. The van der Waals surface area contributed by atoms with Crippen LogP contribution in [0.15, 0.2) is 81.0 Å². The maximum atomic E-state index is 12.9. The summed E-state index contributed by atoms with van der Waals surface area (Å²) in [6.45, 7) is 0.412. The van der Waals surface area contributed by atoms with Crippen LogP contribution in [0.1, 0.15) is 16.7 Å². The van der Waals surface area contributed by atoms with E-state index >= 15 is 0 Å². The number of nitrogens with one attached hydrogen (secondary N) is 1. The zero-order chi connectivity index (χ0) is 23.4. The Balaban J connectivity index is 1.78. The largest absolute Gasteiger partial charge is 0.493 e. The van der Waals surface area contributed by atoms with E-state index in [0.29, 0.717) is 40.0 Å². The molecule has 2 aromatic rings. The third-order valence-electron chi connectivity index (χ3n) is 5.31. The van der Waals surface area contributed by atoms with Crippen LogP contribution in [-0.2, 0) is 17.2 Å². The first kappa shape index (κ1) is 22.4. The highest BCUT2D eigenvalue weighted by atomic mass is 32.2. The highest BCUT2D eigenvalue weighted by Gasteiger charge is 2.24. The van der Waals surface area contributed by atoms with Crippen LogP contribution in [-0.4, -0.2) is 48.8 Å². The summed E-state index contributed by atoms with van der Waals surface area (Å²) in [5, 5.41) is 8.72. The van der Waals surface area contributed by atoms with Crippen LogP contribution >= 0.6 is 0 Å². The highest BCUT2D eigenvalue weighted by Crippen LogP contribution is 2.33. The van der Waals surface area contributed by atoms with Gasteiger partial charge in [-0.15, -0.1) is 0 Å². The summed E-state index contributed by atoms with van der Waals surface area (Å²) in [4.78, 5) is 13.7. The number of hydrazone groups is 1. The maximum absolute atomic E-state index is 12.9. The van der Waals surface area contributed by atoms with E-state index in [-0.39, 0.29) is 6.03 Å². The predicted molar refractivity (Wildman–Crippen MR) is 127 cm³/mol. The summed E-state index contributed by atoms with van der Waals surface area (Å²) in [6.07, 6.45) is 5.71. The first-order valence-electron chi connectivity index (χ1n) is 10.3. The van der Waals surface area contributed by atoms with Crippen molar-refractivity contribution in [2.75, 3.05) is 27.8 Å². The quantitative estimate of drug-likeness (QED) is 0.691. The van der Waals surface area contributed by atoms with Crippen LogP contribution < -0.4 is 14.8 Å². The van der Waals surface area contributed by atoms with E-state index in [2.05, 4.69) is 21.9 Å². The van der Waals surface area contributed by atoms with Gasteiger partial charge in [0, 0.05) is 29.1 Å². The van der Waals surface area contributed by atoms with Crippen molar-refractivity contribution in [1.29, 1.82) is 0 Å². The van der Waals surface area contributed by atoms with Gasteiger partial charge in [-0.3, -0.25) is 0 Å². The lowest BCUT2D eigenvalue weighted by Crippen LogP contribution is -2.35. The van der Waals surface area contributed by atoms with Crippen LogP contribution in [0.5, 0.6) is 11.5 Å².